The van der Waals surface area contributed by atoms with Crippen LogP contribution in [0.5, 0.6) is 5.75 Å². The van der Waals surface area contributed by atoms with Gasteiger partial charge in [0.05, 0.1) is 5.69 Å². The Morgan fingerprint density at radius 3 is 3.00 bits per heavy atom. The Balaban J connectivity index is 2.16. The van der Waals surface area contributed by atoms with Crippen LogP contribution in [0.3, 0.4) is 0 Å². The van der Waals surface area contributed by atoms with Gasteiger partial charge in [-0.05, 0) is 18.2 Å². The Labute approximate surface area is 97.4 Å². The van der Waals surface area contributed by atoms with Crippen molar-refractivity contribution in [3.05, 3.63) is 48.0 Å². The summed E-state index contributed by atoms with van der Waals surface area (Å²) in [4.78, 5) is 0. The van der Waals surface area contributed by atoms with Crippen molar-refractivity contribution in [1.82, 2.24) is 15.0 Å². The van der Waals surface area contributed by atoms with Crippen LogP contribution in [0.4, 0.5) is 0 Å². The summed E-state index contributed by atoms with van der Waals surface area (Å²) < 4.78 is 7.66. The van der Waals surface area contributed by atoms with Crippen molar-refractivity contribution < 1.29 is 4.74 Å². The summed E-state index contributed by atoms with van der Waals surface area (Å²) >= 11 is 0. The van der Waals surface area contributed by atoms with Crippen molar-refractivity contribution >= 4 is 11.0 Å². The van der Waals surface area contributed by atoms with Gasteiger partial charge in [-0.15, -0.1) is 5.10 Å². The van der Waals surface area contributed by atoms with E-state index < -0.39 is 0 Å². The van der Waals surface area contributed by atoms with Crippen molar-refractivity contribution in [2.24, 2.45) is 0 Å². The van der Waals surface area contributed by atoms with E-state index in [4.69, 9.17) is 4.74 Å². The number of benzene rings is 2. The van der Waals surface area contributed by atoms with Gasteiger partial charge in [-0.25, -0.2) is 4.68 Å². The summed E-state index contributed by atoms with van der Waals surface area (Å²) in [5, 5.41) is 8.38. The van der Waals surface area contributed by atoms with Crippen molar-refractivity contribution in [3.63, 3.8) is 0 Å². The summed E-state index contributed by atoms with van der Waals surface area (Å²) in [6.07, 6.45) is 0. The average molecular weight is 223 g/mol. The predicted molar refractivity (Wildman–Crippen MR) is 63.2 cm³/mol. The van der Waals surface area contributed by atoms with Gasteiger partial charge in [-0.1, -0.05) is 29.5 Å². The molecule has 1 aliphatic rings. The van der Waals surface area contributed by atoms with Gasteiger partial charge in [0, 0.05) is 5.56 Å². The minimum Gasteiger partial charge on any atom is -0.486 e. The third kappa shape index (κ3) is 1.12. The molecule has 1 aromatic heterocycles. The number of para-hydroxylation sites is 2. The number of nitrogens with zero attached hydrogens (tertiary/aromatic N) is 3. The molecule has 2 heterocycles. The lowest BCUT2D eigenvalue weighted by atomic mass is 10.2. The van der Waals surface area contributed by atoms with Gasteiger partial charge in [0.2, 0.25) is 0 Å². The SMILES string of the molecule is c1ccc2c(c1)COc1cccc3nnn-2c13. The lowest BCUT2D eigenvalue weighted by molar-refractivity contribution is 0.312. The van der Waals surface area contributed by atoms with Gasteiger partial charge >= 0.3 is 0 Å². The van der Waals surface area contributed by atoms with Gasteiger partial charge in [0.15, 0.2) is 0 Å². The van der Waals surface area contributed by atoms with Crippen LogP contribution in [-0.2, 0) is 6.61 Å². The number of hydrogen-bond donors (Lipinski definition) is 0. The van der Waals surface area contributed by atoms with Crippen LogP contribution in [0.2, 0.25) is 0 Å². The quantitative estimate of drug-likeness (QED) is 0.587. The van der Waals surface area contributed by atoms with E-state index >= 15 is 0 Å². The van der Waals surface area contributed by atoms with Crippen LogP contribution in [0.15, 0.2) is 42.5 Å². The highest BCUT2D eigenvalue weighted by Gasteiger charge is 2.18. The van der Waals surface area contributed by atoms with E-state index in [0.717, 1.165) is 28.0 Å². The summed E-state index contributed by atoms with van der Waals surface area (Å²) in [6, 6.07) is 13.9. The smallest absolute Gasteiger partial charge is 0.147 e. The molecule has 2 aromatic carbocycles. The Morgan fingerprint density at radius 1 is 1.06 bits per heavy atom. The maximum Gasteiger partial charge on any atom is 0.147 e. The molecule has 0 bridgehead atoms. The molecule has 0 amide bonds. The molecule has 17 heavy (non-hydrogen) atoms. The third-order valence-corrected chi connectivity index (χ3v) is 3.03. The molecule has 4 nitrogen and oxygen atoms in total. The molecule has 0 N–H and O–H groups in total. The van der Waals surface area contributed by atoms with E-state index in [2.05, 4.69) is 16.4 Å². The highest BCUT2D eigenvalue weighted by atomic mass is 16.5. The lowest BCUT2D eigenvalue weighted by Gasteiger charge is -2.04. The molecule has 0 radical (unpaired) electrons. The Kier molecular flexibility index (Phi) is 1.58. The fourth-order valence-electron chi connectivity index (χ4n) is 2.22. The fourth-order valence-corrected chi connectivity index (χ4v) is 2.22. The van der Waals surface area contributed by atoms with Crippen LogP contribution in [-0.4, -0.2) is 15.0 Å². The molecule has 82 valence electrons. The summed E-state index contributed by atoms with van der Waals surface area (Å²) in [5.41, 5.74) is 3.96. The van der Waals surface area contributed by atoms with Crippen LogP contribution in [0.25, 0.3) is 16.7 Å². The molecule has 0 unspecified atom stereocenters. The van der Waals surface area contributed by atoms with Crippen molar-refractivity contribution in [1.29, 1.82) is 0 Å². The van der Waals surface area contributed by atoms with Crippen LogP contribution >= 0.6 is 0 Å². The number of ether oxygens (including phenoxy) is 1. The van der Waals surface area contributed by atoms with Gasteiger partial charge in [0.25, 0.3) is 0 Å². The van der Waals surface area contributed by atoms with E-state index in [1.165, 1.54) is 0 Å². The zero-order chi connectivity index (χ0) is 11.2. The molecule has 4 rings (SSSR count). The molecule has 3 aromatic rings. The monoisotopic (exact) mass is 223 g/mol. The molecular formula is C13H9N3O. The number of rotatable bonds is 0. The van der Waals surface area contributed by atoms with Crippen molar-refractivity contribution in [3.8, 4) is 11.4 Å². The highest BCUT2D eigenvalue weighted by Crippen LogP contribution is 2.31. The molecule has 0 spiro atoms. The second-order valence-electron chi connectivity index (χ2n) is 4.04. The molecular weight excluding hydrogens is 214 g/mol. The van der Waals surface area contributed by atoms with Crippen molar-refractivity contribution in [2.75, 3.05) is 0 Å². The molecule has 4 heteroatoms. The van der Waals surface area contributed by atoms with E-state index in [-0.39, 0.29) is 0 Å². The van der Waals surface area contributed by atoms with Crippen LogP contribution in [0.1, 0.15) is 5.56 Å². The topological polar surface area (TPSA) is 39.9 Å². The molecule has 0 saturated heterocycles. The first-order chi connectivity index (χ1) is 8.43. The zero-order valence-electron chi connectivity index (χ0n) is 9.00. The maximum atomic E-state index is 5.80. The van der Waals surface area contributed by atoms with Crippen molar-refractivity contribution in [2.45, 2.75) is 6.61 Å². The number of hydrogen-bond acceptors (Lipinski definition) is 3. The normalized spacial score (nSPS) is 12.9. The third-order valence-electron chi connectivity index (χ3n) is 3.03. The average Bonchev–Trinajstić information content (AvgIpc) is 2.73. The minimum atomic E-state index is 0.568. The first kappa shape index (κ1) is 8.75. The number of aromatic nitrogens is 3. The maximum absolute atomic E-state index is 5.80. The zero-order valence-corrected chi connectivity index (χ0v) is 9.00. The summed E-state index contributed by atoms with van der Waals surface area (Å²) in [5.74, 6) is 0.837. The van der Waals surface area contributed by atoms with E-state index in [1.54, 1.807) is 0 Å². The standard InChI is InChI=1S/C13H9N3O/c1-2-6-11-9(4-1)8-17-12-7-3-5-10-13(12)16(11)15-14-10/h1-7H,8H2. The largest absolute Gasteiger partial charge is 0.486 e. The van der Waals surface area contributed by atoms with Crippen LogP contribution in [0, 0.1) is 0 Å². The Bertz CT molecular complexity index is 718. The first-order valence-electron chi connectivity index (χ1n) is 5.49. The molecule has 0 aliphatic carbocycles. The van der Waals surface area contributed by atoms with Crippen LogP contribution < -0.4 is 4.74 Å². The van der Waals surface area contributed by atoms with E-state index in [0.29, 0.717) is 6.61 Å². The van der Waals surface area contributed by atoms with E-state index in [9.17, 15) is 0 Å². The minimum absolute atomic E-state index is 0.568. The first-order valence-corrected chi connectivity index (χ1v) is 5.49. The molecule has 0 atom stereocenters. The lowest BCUT2D eigenvalue weighted by Crippen LogP contribution is -1.99. The summed E-state index contributed by atoms with van der Waals surface area (Å²) in [7, 11) is 0. The second-order valence-corrected chi connectivity index (χ2v) is 4.04. The summed E-state index contributed by atoms with van der Waals surface area (Å²) in [6.45, 7) is 0.568. The number of fused-ring (bicyclic) bond motifs is 2. The van der Waals surface area contributed by atoms with E-state index in [1.807, 2.05) is 41.1 Å². The molecule has 1 aliphatic heterocycles. The molecule has 0 saturated carbocycles. The van der Waals surface area contributed by atoms with Gasteiger partial charge in [-0.2, -0.15) is 0 Å². The Morgan fingerprint density at radius 2 is 2.00 bits per heavy atom. The molecule has 0 fully saturated rings. The van der Waals surface area contributed by atoms with Gasteiger partial charge < -0.3 is 4.74 Å². The van der Waals surface area contributed by atoms with Gasteiger partial charge in [-0.3, -0.25) is 0 Å². The predicted octanol–water partition coefficient (Wildman–Crippen LogP) is 2.31. The Hall–Kier alpha value is -2.36. The highest BCUT2D eigenvalue weighted by molar-refractivity contribution is 5.83. The second kappa shape index (κ2) is 3.07. The van der Waals surface area contributed by atoms with Gasteiger partial charge in [0.1, 0.15) is 23.4 Å². The fraction of sp³-hybridized carbons (Fsp3) is 0.0769.